The summed E-state index contributed by atoms with van der Waals surface area (Å²) in [5.41, 5.74) is 5.88. The molecule has 1 aromatic heterocycles. The molecule has 1 aromatic rings. The molecule has 1 fully saturated rings. The van der Waals surface area contributed by atoms with Crippen molar-refractivity contribution in [1.29, 1.82) is 0 Å². The molecule has 3 heteroatoms. The molecule has 1 saturated carbocycles. The van der Waals surface area contributed by atoms with Crippen molar-refractivity contribution in [1.82, 2.24) is 4.90 Å². The van der Waals surface area contributed by atoms with E-state index in [1.165, 1.54) is 25.7 Å². The highest BCUT2D eigenvalue weighted by Crippen LogP contribution is 2.31. The number of nitrogens with zero attached hydrogens (tertiary/aromatic N) is 1. The van der Waals surface area contributed by atoms with Gasteiger partial charge in [0.25, 0.3) is 0 Å². The monoisotopic (exact) mass is 222 g/mol. The van der Waals surface area contributed by atoms with E-state index in [0.29, 0.717) is 6.04 Å². The van der Waals surface area contributed by atoms with Gasteiger partial charge in [0.05, 0.1) is 12.8 Å². The maximum Gasteiger partial charge on any atom is 0.117 e. The first-order valence-electron chi connectivity index (χ1n) is 6.33. The minimum atomic E-state index is 0.516. The second-order valence-electron chi connectivity index (χ2n) is 4.66. The zero-order chi connectivity index (χ0) is 11.4. The fraction of sp³-hybridized carbons (Fsp3) is 0.692. The molecule has 16 heavy (non-hydrogen) atoms. The van der Waals surface area contributed by atoms with Gasteiger partial charge in [-0.05, 0) is 31.4 Å². The van der Waals surface area contributed by atoms with Crippen molar-refractivity contribution in [3.05, 3.63) is 24.2 Å². The van der Waals surface area contributed by atoms with Crippen LogP contribution in [0.2, 0.25) is 0 Å². The Kier molecular flexibility index (Phi) is 4.02. The van der Waals surface area contributed by atoms with E-state index < -0.39 is 0 Å². The van der Waals surface area contributed by atoms with Crippen LogP contribution >= 0.6 is 0 Å². The van der Waals surface area contributed by atoms with Crippen LogP contribution in [0.1, 0.15) is 38.4 Å². The molecule has 0 radical (unpaired) electrons. The fourth-order valence-corrected chi connectivity index (χ4v) is 2.30. The Morgan fingerprint density at radius 3 is 2.88 bits per heavy atom. The first-order chi connectivity index (χ1) is 7.85. The van der Waals surface area contributed by atoms with Crippen molar-refractivity contribution >= 4 is 0 Å². The molecule has 0 aliphatic heterocycles. The van der Waals surface area contributed by atoms with Gasteiger partial charge in [-0.15, -0.1) is 0 Å². The summed E-state index contributed by atoms with van der Waals surface area (Å²) in [6.45, 7) is 3.89. The van der Waals surface area contributed by atoms with Crippen LogP contribution in [0.4, 0.5) is 0 Å². The Morgan fingerprint density at radius 2 is 2.38 bits per heavy atom. The number of rotatable bonds is 7. The van der Waals surface area contributed by atoms with Crippen molar-refractivity contribution < 1.29 is 4.42 Å². The number of hydrogen-bond donors (Lipinski definition) is 1. The maximum absolute atomic E-state index is 5.88. The lowest BCUT2D eigenvalue weighted by molar-refractivity contribution is 0.158. The lowest BCUT2D eigenvalue weighted by Gasteiger charge is -2.30. The molecule has 0 bridgehead atoms. The quantitative estimate of drug-likeness (QED) is 0.770. The predicted molar refractivity (Wildman–Crippen MR) is 65.0 cm³/mol. The summed E-state index contributed by atoms with van der Waals surface area (Å²) in [5.74, 6) is 1.06. The summed E-state index contributed by atoms with van der Waals surface area (Å²) in [6.07, 6.45) is 6.77. The van der Waals surface area contributed by atoms with Gasteiger partial charge in [-0.2, -0.15) is 0 Å². The van der Waals surface area contributed by atoms with Crippen molar-refractivity contribution in [2.45, 2.75) is 51.2 Å². The molecule has 1 unspecified atom stereocenters. The molecule has 1 aliphatic rings. The molecule has 0 aromatic carbocycles. The molecule has 3 nitrogen and oxygen atoms in total. The van der Waals surface area contributed by atoms with Crippen molar-refractivity contribution in [3.63, 3.8) is 0 Å². The third kappa shape index (κ3) is 2.86. The van der Waals surface area contributed by atoms with Gasteiger partial charge in [-0.3, -0.25) is 4.90 Å². The largest absolute Gasteiger partial charge is 0.468 e. The highest BCUT2D eigenvalue weighted by Gasteiger charge is 2.33. The average molecular weight is 222 g/mol. The Morgan fingerprint density at radius 1 is 1.56 bits per heavy atom. The van der Waals surface area contributed by atoms with Gasteiger partial charge >= 0.3 is 0 Å². The molecule has 90 valence electrons. The zero-order valence-corrected chi connectivity index (χ0v) is 10.1. The van der Waals surface area contributed by atoms with Gasteiger partial charge in [-0.25, -0.2) is 0 Å². The third-order valence-corrected chi connectivity index (χ3v) is 3.30. The SMILES string of the molecule is CCCC(CN)N(Cc1ccco1)C1CC1. The highest BCUT2D eigenvalue weighted by atomic mass is 16.3. The minimum absolute atomic E-state index is 0.516. The minimum Gasteiger partial charge on any atom is -0.468 e. The molecule has 0 amide bonds. The Balaban J connectivity index is 1.98. The Hall–Kier alpha value is -0.800. The van der Waals surface area contributed by atoms with Crippen LogP contribution in [0.3, 0.4) is 0 Å². The third-order valence-electron chi connectivity index (χ3n) is 3.30. The summed E-state index contributed by atoms with van der Waals surface area (Å²) in [5, 5.41) is 0. The van der Waals surface area contributed by atoms with Crippen LogP contribution in [0.15, 0.2) is 22.8 Å². The smallest absolute Gasteiger partial charge is 0.117 e. The van der Waals surface area contributed by atoms with E-state index in [-0.39, 0.29) is 0 Å². The van der Waals surface area contributed by atoms with E-state index in [4.69, 9.17) is 10.2 Å². The summed E-state index contributed by atoms with van der Waals surface area (Å²) in [4.78, 5) is 2.53. The topological polar surface area (TPSA) is 42.4 Å². The van der Waals surface area contributed by atoms with E-state index in [0.717, 1.165) is 24.9 Å². The van der Waals surface area contributed by atoms with E-state index in [1.807, 2.05) is 6.07 Å². The van der Waals surface area contributed by atoms with Gasteiger partial charge in [-0.1, -0.05) is 13.3 Å². The molecule has 2 rings (SSSR count). The second kappa shape index (κ2) is 5.51. The Bertz CT molecular complexity index is 293. The van der Waals surface area contributed by atoms with Crippen LogP contribution in [0.5, 0.6) is 0 Å². The first kappa shape index (κ1) is 11.7. The highest BCUT2D eigenvalue weighted by molar-refractivity contribution is 5.01. The number of hydrogen-bond acceptors (Lipinski definition) is 3. The average Bonchev–Trinajstić information content (AvgIpc) is 3.01. The van der Waals surface area contributed by atoms with E-state index in [1.54, 1.807) is 6.26 Å². The molecular weight excluding hydrogens is 200 g/mol. The zero-order valence-electron chi connectivity index (χ0n) is 10.1. The van der Waals surface area contributed by atoms with Crippen LogP contribution in [0.25, 0.3) is 0 Å². The molecular formula is C13H22N2O. The molecule has 0 saturated heterocycles. The van der Waals surface area contributed by atoms with Crippen LogP contribution < -0.4 is 5.73 Å². The Labute approximate surface area is 97.6 Å². The number of nitrogens with two attached hydrogens (primary N) is 1. The summed E-state index contributed by atoms with van der Waals surface area (Å²) in [6, 6.07) is 5.26. The van der Waals surface area contributed by atoms with Crippen molar-refractivity contribution in [3.8, 4) is 0 Å². The van der Waals surface area contributed by atoms with E-state index in [9.17, 15) is 0 Å². The molecule has 0 spiro atoms. The van der Waals surface area contributed by atoms with Gasteiger partial charge in [0.2, 0.25) is 0 Å². The standard InChI is InChI=1S/C13H22N2O/c1-2-4-12(9-14)15(11-6-7-11)10-13-5-3-8-16-13/h3,5,8,11-12H,2,4,6-7,9-10,14H2,1H3. The van der Waals surface area contributed by atoms with Gasteiger partial charge in [0, 0.05) is 18.6 Å². The van der Waals surface area contributed by atoms with Crippen molar-refractivity contribution in [2.75, 3.05) is 6.54 Å². The summed E-state index contributed by atoms with van der Waals surface area (Å²) in [7, 11) is 0. The molecule has 1 aliphatic carbocycles. The van der Waals surface area contributed by atoms with Crippen molar-refractivity contribution in [2.24, 2.45) is 5.73 Å². The van der Waals surface area contributed by atoms with E-state index >= 15 is 0 Å². The number of furan rings is 1. The summed E-state index contributed by atoms with van der Waals surface area (Å²) < 4.78 is 5.43. The second-order valence-corrected chi connectivity index (χ2v) is 4.66. The van der Waals surface area contributed by atoms with E-state index in [2.05, 4.69) is 17.9 Å². The summed E-state index contributed by atoms with van der Waals surface area (Å²) >= 11 is 0. The van der Waals surface area contributed by atoms with Crippen LogP contribution in [-0.2, 0) is 6.54 Å². The molecule has 1 atom stereocenters. The maximum atomic E-state index is 5.88. The van der Waals surface area contributed by atoms with Gasteiger partial charge in [0.15, 0.2) is 0 Å². The predicted octanol–water partition coefficient (Wildman–Crippen LogP) is 2.37. The lowest BCUT2D eigenvalue weighted by Crippen LogP contribution is -2.41. The molecule has 2 N–H and O–H groups in total. The van der Waals surface area contributed by atoms with Gasteiger partial charge in [0.1, 0.15) is 5.76 Å². The lowest BCUT2D eigenvalue weighted by atomic mass is 10.1. The van der Waals surface area contributed by atoms with Crippen LogP contribution in [0, 0.1) is 0 Å². The normalized spacial score (nSPS) is 17.9. The first-order valence-corrected chi connectivity index (χ1v) is 6.33. The fourth-order valence-electron chi connectivity index (χ4n) is 2.30. The van der Waals surface area contributed by atoms with Gasteiger partial charge < -0.3 is 10.2 Å². The van der Waals surface area contributed by atoms with Crippen LogP contribution in [-0.4, -0.2) is 23.5 Å². The molecule has 1 heterocycles.